The van der Waals surface area contributed by atoms with Crippen molar-refractivity contribution in [1.82, 2.24) is 15.6 Å². The molecule has 1 unspecified atom stereocenters. The van der Waals surface area contributed by atoms with Crippen LogP contribution in [-0.2, 0) is 12.0 Å². The van der Waals surface area contributed by atoms with E-state index >= 15 is 0 Å². The minimum atomic E-state index is -1.02. The van der Waals surface area contributed by atoms with Crippen molar-refractivity contribution in [2.75, 3.05) is 19.6 Å². The normalized spacial score (nSPS) is 13.4. The van der Waals surface area contributed by atoms with Crippen LogP contribution in [0.2, 0.25) is 0 Å². The molecule has 1 atom stereocenters. The molecule has 6 nitrogen and oxygen atoms in total. The van der Waals surface area contributed by atoms with Crippen molar-refractivity contribution in [3.8, 4) is 11.5 Å². The van der Waals surface area contributed by atoms with E-state index in [1.54, 1.807) is 36.7 Å². The molecule has 0 amide bonds. The van der Waals surface area contributed by atoms with Gasteiger partial charge in [0.15, 0.2) is 5.96 Å². The summed E-state index contributed by atoms with van der Waals surface area (Å²) in [4.78, 5) is 8.95. The van der Waals surface area contributed by atoms with Gasteiger partial charge in [-0.15, -0.1) is 24.0 Å². The molecule has 0 radical (unpaired) electrons. The Labute approximate surface area is 196 Å². The fraction of sp³-hybridized carbons (Fsp3) is 0.333. The lowest BCUT2D eigenvalue weighted by Gasteiger charge is -2.21. The molecular weight excluding hydrogens is 518 g/mol. The van der Waals surface area contributed by atoms with Crippen LogP contribution in [0.1, 0.15) is 25.1 Å². The van der Waals surface area contributed by atoms with E-state index in [0.29, 0.717) is 31.4 Å². The summed E-state index contributed by atoms with van der Waals surface area (Å²) < 4.78 is 18.5. The fourth-order valence-electron chi connectivity index (χ4n) is 2.69. The number of nitrogens with one attached hydrogen (secondary N) is 2. The molecule has 0 bridgehead atoms. The number of aliphatic hydroxyl groups is 1. The Morgan fingerprint density at radius 1 is 1.27 bits per heavy atom. The van der Waals surface area contributed by atoms with E-state index in [4.69, 9.17) is 4.42 Å². The van der Waals surface area contributed by atoms with Gasteiger partial charge in [-0.1, -0.05) is 0 Å². The zero-order chi connectivity index (χ0) is 20.7. The van der Waals surface area contributed by atoms with Crippen molar-refractivity contribution >= 4 is 41.3 Å². The minimum absolute atomic E-state index is 0. The topological polar surface area (TPSA) is 82.7 Å². The SMILES string of the molecule is CCNC(=NCC(C)(O)c1ccsc1)NCCc1coc(-c2ccc(F)cc2)n1.I. The van der Waals surface area contributed by atoms with Crippen LogP contribution in [0.3, 0.4) is 0 Å². The number of hydrogen-bond donors (Lipinski definition) is 3. The maximum absolute atomic E-state index is 13.0. The van der Waals surface area contributed by atoms with Crippen molar-refractivity contribution in [3.63, 3.8) is 0 Å². The van der Waals surface area contributed by atoms with Crippen LogP contribution in [0.15, 0.2) is 56.8 Å². The lowest BCUT2D eigenvalue weighted by Crippen LogP contribution is -2.39. The third-order valence-corrected chi connectivity index (χ3v) is 5.03. The summed E-state index contributed by atoms with van der Waals surface area (Å²) in [7, 11) is 0. The highest BCUT2D eigenvalue weighted by molar-refractivity contribution is 14.0. The molecule has 0 aliphatic carbocycles. The Kier molecular flexibility index (Phi) is 9.25. The molecule has 3 N–H and O–H groups in total. The predicted molar refractivity (Wildman–Crippen MR) is 129 cm³/mol. The van der Waals surface area contributed by atoms with Gasteiger partial charge in [-0.3, -0.25) is 0 Å². The van der Waals surface area contributed by atoms with E-state index in [2.05, 4.69) is 20.6 Å². The number of rotatable bonds is 8. The van der Waals surface area contributed by atoms with Crippen molar-refractivity contribution < 1.29 is 13.9 Å². The summed E-state index contributed by atoms with van der Waals surface area (Å²) in [5, 5.41) is 20.9. The van der Waals surface area contributed by atoms with Gasteiger partial charge in [0.2, 0.25) is 5.89 Å². The zero-order valence-corrected chi connectivity index (χ0v) is 20.0. The third-order valence-electron chi connectivity index (χ3n) is 4.35. The molecule has 0 aliphatic heterocycles. The van der Waals surface area contributed by atoms with Crippen LogP contribution in [0.5, 0.6) is 0 Å². The Morgan fingerprint density at radius 2 is 2.03 bits per heavy atom. The largest absolute Gasteiger partial charge is 0.444 e. The number of nitrogens with zero attached hydrogens (tertiary/aromatic N) is 2. The molecule has 2 aromatic heterocycles. The molecule has 3 rings (SSSR count). The number of hydrogen-bond acceptors (Lipinski definition) is 5. The van der Waals surface area contributed by atoms with Gasteiger partial charge in [0, 0.05) is 25.1 Å². The van der Waals surface area contributed by atoms with Crippen molar-refractivity contribution in [2.24, 2.45) is 4.99 Å². The summed E-state index contributed by atoms with van der Waals surface area (Å²) >= 11 is 1.55. The highest BCUT2D eigenvalue weighted by Crippen LogP contribution is 2.23. The van der Waals surface area contributed by atoms with Gasteiger partial charge in [0.25, 0.3) is 0 Å². The first-order chi connectivity index (χ1) is 14.0. The molecule has 0 saturated carbocycles. The average molecular weight is 544 g/mol. The lowest BCUT2D eigenvalue weighted by atomic mass is 10.00. The van der Waals surface area contributed by atoms with Gasteiger partial charge in [-0.05, 0) is 60.5 Å². The van der Waals surface area contributed by atoms with E-state index in [-0.39, 0.29) is 36.3 Å². The van der Waals surface area contributed by atoms with Gasteiger partial charge in [0.1, 0.15) is 17.7 Å². The number of benzene rings is 1. The first-order valence-electron chi connectivity index (χ1n) is 9.45. The van der Waals surface area contributed by atoms with E-state index < -0.39 is 5.60 Å². The first kappa shape index (κ1) is 24.3. The van der Waals surface area contributed by atoms with E-state index in [1.807, 2.05) is 23.8 Å². The monoisotopic (exact) mass is 544 g/mol. The van der Waals surface area contributed by atoms with Crippen LogP contribution in [0.4, 0.5) is 4.39 Å². The summed E-state index contributed by atoms with van der Waals surface area (Å²) in [6, 6.07) is 7.94. The second-order valence-corrected chi connectivity index (χ2v) is 7.59. The Hall–Kier alpha value is -1.98. The molecule has 0 saturated heterocycles. The number of thiophene rings is 1. The molecule has 9 heteroatoms. The van der Waals surface area contributed by atoms with Crippen molar-refractivity contribution in [1.29, 1.82) is 0 Å². The Balaban J connectivity index is 0.00000320. The van der Waals surface area contributed by atoms with E-state index in [9.17, 15) is 9.50 Å². The average Bonchev–Trinajstić information content (AvgIpc) is 3.39. The molecule has 0 spiro atoms. The molecule has 0 aliphatic rings. The maximum atomic E-state index is 13.0. The summed E-state index contributed by atoms with van der Waals surface area (Å²) in [5.74, 6) is 0.801. The van der Waals surface area contributed by atoms with Crippen molar-refractivity contribution in [2.45, 2.75) is 25.9 Å². The fourth-order valence-corrected chi connectivity index (χ4v) is 3.48. The van der Waals surface area contributed by atoms with Gasteiger partial charge in [-0.25, -0.2) is 14.4 Å². The minimum Gasteiger partial charge on any atom is -0.444 e. The van der Waals surface area contributed by atoms with Gasteiger partial charge >= 0.3 is 0 Å². The molecule has 30 heavy (non-hydrogen) atoms. The van der Waals surface area contributed by atoms with Crippen LogP contribution >= 0.6 is 35.3 Å². The van der Waals surface area contributed by atoms with Gasteiger partial charge in [-0.2, -0.15) is 11.3 Å². The summed E-state index contributed by atoms with van der Waals surface area (Å²) in [6.45, 7) is 5.31. The molecular formula is C21H26FIN4O2S. The zero-order valence-electron chi connectivity index (χ0n) is 16.9. The van der Waals surface area contributed by atoms with Crippen LogP contribution < -0.4 is 10.6 Å². The Bertz CT molecular complexity index is 927. The summed E-state index contributed by atoms with van der Waals surface area (Å²) in [6.07, 6.45) is 2.24. The highest BCUT2D eigenvalue weighted by Gasteiger charge is 2.23. The second-order valence-electron chi connectivity index (χ2n) is 6.81. The number of halogens is 2. The second kappa shape index (κ2) is 11.4. The highest BCUT2D eigenvalue weighted by atomic mass is 127. The molecule has 1 aromatic carbocycles. The Morgan fingerprint density at radius 3 is 2.70 bits per heavy atom. The van der Waals surface area contributed by atoms with Gasteiger partial charge in [0.05, 0.1) is 12.2 Å². The number of oxazole rings is 1. The standard InChI is InChI=1S/C21H25FN4O2S.HI/c1-3-23-20(25-14-21(2,27)16-9-11-29-13-16)24-10-8-18-12-28-19(26-18)15-4-6-17(22)7-5-15;/h4-7,9,11-13,27H,3,8,10,14H2,1-2H3,(H2,23,24,25);1H. The molecule has 0 fully saturated rings. The summed E-state index contributed by atoms with van der Waals surface area (Å²) in [5.41, 5.74) is 1.37. The van der Waals surface area contributed by atoms with E-state index in [0.717, 1.165) is 16.8 Å². The van der Waals surface area contributed by atoms with Crippen LogP contribution in [0, 0.1) is 5.82 Å². The van der Waals surface area contributed by atoms with Gasteiger partial charge < -0.3 is 20.2 Å². The maximum Gasteiger partial charge on any atom is 0.226 e. The molecule has 2 heterocycles. The van der Waals surface area contributed by atoms with Crippen molar-refractivity contribution in [3.05, 3.63) is 64.4 Å². The molecule has 162 valence electrons. The number of aliphatic imine (C=N–C) groups is 1. The smallest absolute Gasteiger partial charge is 0.226 e. The lowest BCUT2D eigenvalue weighted by molar-refractivity contribution is 0.0677. The predicted octanol–water partition coefficient (Wildman–Crippen LogP) is 4.17. The van der Waals surface area contributed by atoms with E-state index in [1.165, 1.54) is 12.1 Å². The van der Waals surface area contributed by atoms with Crippen LogP contribution in [0.25, 0.3) is 11.5 Å². The third kappa shape index (κ3) is 6.78. The van der Waals surface area contributed by atoms with Crippen LogP contribution in [-0.4, -0.2) is 35.7 Å². The number of guanidine groups is 1. The number of aromatic nitrogens is 1. The molecule has 3 aromatic rings. The first-order valence-corrected chi connectivity index (χ1v) is 10.4. The quantitative estimate of drug-likeness (QED) is 0.226.